The van der Waals surface area contributed by atoms with Crippen LogP contribution in [0.1, 0.15) is 5.56 Å². The Bertz CT molecular complexity index is 430. The van der Waals surface area contributed by atoms with Gasteiger partial charge in [0.15, 0.2) is 0 Å². The molecular weight excluding hydrogens is 311 g/mol. The van der Waals surface area contributed by atoms with E-state index in [1.165, 1.54) is 6.07 Å². The number of hydrogen-bond donors (Lipinski definition) is 1. The van der Waals surface area contributed by atoms with E-state index in [0.29, 0.717) is 4.47 Å². The van der Waals surface area contributed by atoms with Gasteiger partial charge in [-0.1, -0.05) is 6.07 Å². The Morgan fingerprint density at radius 1 is 1.58 bits per heavy atom. The van der Waals surface area contributed by atoms with Gasteiger partial charge in [-0.2, -0.15) is 0 Å². The molecule has 1 aromatic rings. The molecule has 2 atom stereocenters. The van der Waals surface area contributed by atoms with E-state index in [0.717, 1.165) is 31.7 Å². The molecule has 1 saturated heterocycles. The second kappa shape index (κ2) is 6.79. The van der Waals surface area contributed by atoms with Crippen molar-refractivity contribution in [3.05, 3.63) is 34.1 Å². The molecule has 0 aromatic heterocycles. The van der Waals surface area contributed by atoms with E-state index in [2.05, 4.69) is 33.2 Å². The minimum Gasteiger partial charge on any atom is -0.374 e. The lowest BCUT2D eigenvalue weighted by Gasteiger charge is -2.35. The zero-order valence-corrected chi connectivity index (χ0v) is 12.9. The highest BCUT2D eigenvalue weighted by molar-refractivity contribution is 9.10. The fraction of sp³-hybridized carbons (Fsp3) is 0.571. The van der Waals surface area contributed by atoms with Crippen molar-refractivity contribution in [3.8, 4) is 0 Å². The first kappa shape index (κ1) is 14.9. The zero-order chi connectivity index (χ0) is 13.8. The van der Waals surface area contributed by atoms with Crippen LogP contribution >= 0.6 is 15.9 Å². The van der Waals surface area contributed by atoms with Gasteiger partial charge in [0.05, 0.1) is 17.2 Å². The summed E-state index contributed by atoms with van der Waals surface area (Å²) in [5, 5.41) is 3.31. The molecule has 0 amide bonds. The highest BCUT2D eigenvalue weighted by Gasteiger charge is 2.25. The van der Waals surface area contributed by atoms with Gasteiger partial charge in [-0.25, -0.2) is 4.39 Å². The van der Waals surface area contributed by atoms with Crippen LogP contribution in [0.4, 0.5) is 4.39 Å². The average molecular weight is 331 g/mol. The van der Waals surface area contributed by atoms with E-state index < -0.39 is 0 Å². The van der Waals surface area contributed by atoms with Gasteiger partial charge in [0.2, 0.25) is 0 Å². The largest absolute Gasteiger partial charge is 0.374 e. The molecule has 1 aliphatic rings. The maximum atomic E-state index is 13.2. The van der Waals surface area contributed by atoms with Crippen molar-refractivity contribution in [2.45, 2.75) is 18.6 Å². The van der Waals surface area contributed by atoms with E-state index in [4.69, 9.17) is 4.74 Å². The van der Waals surface area contributed by atoms with Gasteiger partial charge in [-0.05, 0) is 54.1 Å². The molecule has 1 heterocycles. The summed E-state index contributed by atoms with van der Waals surface area (Å²) < 4.78 is 19.6. The molecule has 2 rings (SSSR count). The number of morpholine rings is 1. The number of halogens is 2. The van der Waals surface area contributed by atoms with E-state index >= 15 is 0 Å². The van der Waals surface area contributed by atoms with Crippen LogP contribution in [0, 0.1) is 5.82 Å². The van der Waals surface area contributed by atoms with Gasteiger partial charge in [0, 0.05) is 19.1 Å². The Morgan fingerprint density at radius 2 is 2.37 bits per heavy atom. The van der Waals surface area contributed by atoms with Crippen LogP contribution in [0.25, 0.3) is 0 Å². The van der Waals surface area contributed by atoms with Crippen molar-refractivity contribution in [2.75, 3.05) is 33.8 Å². The lowest BCUT2D eigenvalue weighted by atomic mass is 10.00. The molecule has 19 heavy (non-hydrogen) atoms. The number of hydrogen-bond acceptors (Lipinski definition) is 3. The van der Waals surface area contributed by atoms with Gasteiger partial charge in [-0.15, -0.1) is 0 Å². The van der Waals surface area contributed by atoms with Crippen LogP contribution in [0.5, 0.6) is 0 Å². The molecule has 5 heteroatoms. The third kappa shape index (κ3) is 3.99. The van der Waals surface area contributed by atoms with Gasteiger partial charge in [-0.3, -0.25) is 0 Å². The summed E-state index contributed by atoms with van der Waals surface area (Å²) >= 11 is 3.23. The van der Waals surface area contributed by atoms with Crippen LogP contribution < -0.4 is 5.32 Å². The van der Waals surface area contributed by atoms with Crippen LogP contribution in [0.3, 0.4) is 0 Å². The SMILES string of the molecule is CNC(Cc1ccc(F)c(Br)c1)C1CN(C)CCO1. The second-order valence-electron chi connectivity index (χ2n) is 5.02. The Morgan fingerprint density at radius 3 is 3.00 bits per heavy atom. The number of ether oxygens (including phenoxy) is 1. The molecule has 0 saturated carbocycles. The molecule has 1 aliphatic heterocycles. The van der Waals surface area contributed by atoms with Crippen molar-refractivity contribution in [2.24, 2.45) is 0 Å². The molecule has 1 fully saturated rings. The van der Waals surface area contributed by atoms with Gasteiger partial charge >= 0.3 is 0 Å². The molecule has 1 aromatic carbocycles. The Kier molecular flexibility index (Phi) is 5.33. The molecule has 2 unspecified atom stereocenters. The third-order valence-corrected chi connectivity index (χ3v) is 4.16. The smallest absolute Gasteiger partial charge is 0.137 e. The number of nitrogens with one attached hydrogen (secondary N) is 1. The van der Waals surface area contributed by atoms with E-state index in [1.807, 2.05) is 19.2 Å². The first-order valence-corrected chi connectivity index (χ1v) is 7.31. The molecule has 0 bridgehead atoms. The summed E-state index contributed by atoms with van der Waals surface area (Å²) in [5.41, 5.74) is 1.10. The van der Waals surface area contributed by atoms with Crippen molar-refractivity contribution in [1.29, 1.82) is 0 Å². The molecule has 1 N–H and O–H groups in total. The maximum Gasteiger partial charge on any atom is 0.137 e. The predicted octanol–water partition coefficient (Wildman–Crippen LogP) is 2.05. The molecule has 106 valence electrons. The average Bonchev–Trinajstić information content (AvgIpc) is 2.40. The lowest BCUT2D eigenvalue weighted by molar-refractivity contribution is -0.0372. The van der Waals surface area contributed by atoms with E-state index in [9.17, 15) is 4.39 Å². The number of likely N-dealkylation sites (N-methyl/N-ethyl adjacent to an activating group) is 2. The van der Waals surface area contributed by atoms with Crippen LogP contribution in [-0.2, 0) is 11.2 Å². The van der Waals surface area contributed by atoms with E-state index in [-0.39, 0.29) is 18.0 Å². The Balaban J connectivity index is 2.03. The summed E-state index contributed by atoms with van der Waals surface area (Å²) in [6.07, 6.45) is 1.00. The minimum absolute atomic E-state index is 0.174. The number of benzene rings is 1. The molecule has 3 nitrogen and oxygen atoms in total. The summed E-state index contributed by atoms with van der Waals surface area (Å²) in [4.78, 5) is 2.28. The molecule has 0 spiro atoms. The lowest BCUT2D eigenvalue weighted by Crippen LogP contribution is -2.51. The van der Waals surface area contributed by atoms with Gasteiger partial charge in [0.25, 0.3) is 0 Å². The highest BCUT2D eigenvalue weighted by atomic mass is 79.9. The number of rotatable bonds is 4. The normalized spacial score (nSPS) is 22.4. The van der Waals surface area contributed by atoms with Crippen molar-refractivity contribution in [1.82, 2.24) is 10.2 Å². The van der Waals surface area contributed by atoms with Gasteiger partial charge in [0.1, 0.15) is 5.82 Å². The standard InChI is InChI=1S/C14H20BrFN2O/c1-17-13(14-9-18(2)5-6-19-14)8-10-3-4-12(16)11(15)7-10/h3-4,7,13-14,17H,5-6,8-9H2,1-2H3. The first-order chi connectivity index (χ1) is 9.10. The van der Waals surface area contributed by atoms with Gasteiger partial charge < -0.3 is 15.0 Å². The monoisotopic (exact) mass is 330 g/mol. The molecule has 0 aliphatic carbocycles. The van der Waals surface area contributed by atoms with E-state index in [1.54, 1.807) is 0 Å². The van der Waals surface area contributed by atoms with Crippen LogP contribution in [0.15, 0.2) is 22.7 Å². The Hall–Kier alpha value is -0.490. The fourth-order valence-corrected chi connectivity index (χ4v) is 2.82. The summed E-state index contributed by atoms with van der Waals surface area (Å²) in [7, 11) is 4.05. The van der Waals surface area contributed by atoms with Crippen molar-refractivity contribution < 1.29 is 9.13 Å². The maximum absolute atomic E-state index is 13.2. The minimum atomic E-state index is -0.224. The summed E-state index contributed by atoms with van der Waals surface area (Å²) in [6, 6.07) is 5.41. The topological polar surface area (TPSA) is 24.5 Å². The quantitative estimate of drug-likeness (QED) is 0.914. The van der Waals surface area contributed by atoms with Crippen LogP contribution in [-0.4, -0.2) is 50.8 Å². The summed E-state index contributed by atoms with van der Waals surface area (Å²) in [6.45, 7) is 2.68. The Labute approximate surface area is 122 Å². The summed E-state index contributed by atoms with van der Waals surface area (Å²) in [5.74, 6) is -0.224. The molecular formula is C14H20BrFN2O. The van der Waals surface area contributed by atoms with Crippen molar-refractivity contribution >= 4 is 15.9 Å². The van der Waals surface area contributed by atoms with Crippen LogP contribution in [0.2, 0.25) is 0 Å². The molecule has 0 radical (unpaired) electrons. The number of nitrogens with zero attached hydrogens (tertiary/aromatic N) is 1. The second-order valence-corrected chi connectivity index (χ2v) is 5.87. The van der Waals surface area contributed by atoms with Crippen molar-refractivity contribution in [3.63, 3.8) is 0 Å². The highest BCUT2D eigenvalue weighted by Crippen LogP contribution is 2.19. The fourth-order valence-electron chi connectivity index (χ4n) is 2.39. The predicted molar refractivity (Wildman–Crippen MR) is 77.9 cm³/mol. The zero-order valence-electron chi connectivity index (χ0n) is 11.3. The first-order valence-electron chi connectivity index (χ1n) is 6.51. The third-order valence-electron chi connectivity index (χ3n) is 3.56.